The Balaban J connectivity index is 1.65. The highest BCUT2D eigenvalue weighted by Crippen LogP contribution is 2.50. The molecule has 1 saturated heterocycles. The third-order valence-corrected chi connectivity index (χ3v) is 6.85. The van der Waals surface area contributed by atoms with Gasteiger partial charge in [-0.05, 0) is 32.1 Å². The van der Waals surface area contributed by atoms with Gasteiger partial charge in [-0.1, -0.05) is 23.4 Å². The molecule has 2 aromatic heterocycles. The largest absolute Gasteiger partial charge is 0.454 e. The smallest absolute Gasteiger partial charge is 0.353 e. The lowest BCUT2D eigenvalue weighted by Gasteiger charge is -2.19. The van der Waals surface area contributed by atoms with Gasteiger partial charge in [-0.2, -0.15) is 14.6 Å². The average Bonchev–Trinajstić information content (AvgIpc) is 3.42. The van der Waals surface area contributed by atoms with E-state index in [4.69, 9.17) is 30.0 Å². The van der Waals surface area contributed by atoms with Gasteiger partial charge >= 0.3 is 13.6 Å². The van der Waals surface area contributed by atoms with Crippen LogP contribution in [0.25, 0.3) is 11.2 Å². The Bertz CT molecular complexity index is 1260. The van der Waals surface area contributed by atoms with Crippen molar-refractivity contribution >= 4 is 36.5 Å². The van der Waals surface area contributed by atoms with Gasteiger partial charge in [0.25, 0.3) is 0 Å². The van der Waals surface area contributed by atoms with Crippen LogP contribution in [0.15, 0.2) is 42.2 Å². The van der Waals surface area contributed by atoms with E-state index < -0.39 is 32.0 Å². The Morgan fingerprint density at radius 1 is 1.20 bits per heavy atom. The molecule has 14 heteroatoms. The summed E-state index contributed by atoms with van der Waals surface area (Å²) in [6, 6.07) is 8.55. The second-order valence-electron chi connectivity index (χ2n) is 7.50. The van der Waals surface area contributed by atoms with Crippen molar-refractivity contribution in [1.29, 1.82) is 0 Å². The van der Waals surface area contributed by atoms with Gasteiger partial charge in [0, 0.05) is 12.2 Å². The number of hydrogen-bond acceptors (Lipinski definition) is 12. The number of ether oxygens (including phenoxy) is 2. The van der Waals surface area contributed by atoms with E-state index in [1.165, 1.54) is 10.5 Å². The van der Waals surface area contributed by atoms with Gasteiger partial charge in [0.05, 0.1) is 24.9 Å². The molecule has 1 aromatic carbocycles. The van der Waals surface area contributed by atoms with E-state index in [2.05, 4.69) is 20.3 Å². The fourth-order valence-electron chi connectivity index (χ4n) is 3.62. The summed E-state index contributed by atoms with van der Waals surface area (Å²) < 4.78 is 36.7. The predicted molar refractivity (Wildman–Crippen MR) is 126 cm³/mol. The molecule has 4 rings (SSSR count). The lowest BCUT2D eigenvalue weighted by atomic mass is 10.2. The molecule has 1 aliphatic heterocycles. The minimum atomic E-state index is -3.46. The maximum absolute atomic E-state index is 12.8. The van der Waals surface area contributed by atoms with Gasteiger partial charge in [0.1, 0.15) is 0 Å². The number of carbonyl (C=O) groups is 1. The van der Waals surface area contributed by atoms with Crippen molar-refractivity contribution in [1.82, 2.24) is 25.0 Å². The number of nitrogens with zero attached hydrogens (tertiary/aromatic N) is 5. The second kappa shape index (κ2) is 10.5. The topological polar surface area (TPSA) is 180 Å². The minimum absolute atomic E-state index is 0.0559. The Kier molecular flexibility index (Phi) is 7.41. The molecular formula is C21H26N7O6P. The van der Waals surface area contributed by atoms with E-state index in [0.29, 0.717) is 5.56 Å². The monoisotopic (exact) mass is 503 g/mol. The average molecular weight is 503 g/mol. The van der Waals surface area contributed by atoms with E-state index in [1.807, 2.05) is 0 Å². The maximum atomic E-state index is 12.8. The van der Waals surface area contributed by atoms with E-state index in [-0.39, 0.29) is 42.6 Å². The van der Waals surface area contributed by atoms with E-state index in [0.717, 1.165) is 0 Å². The number of hydrogen-bond donors (Lipinski definition) is 2. The fraction of sp³-hybridized carbons (Fsp3) is 0.381. The zero-order chi connectivity index (χ0) is 25.0. The summed E-state index contributed by atoms with van der Waals surface area (Å²) >= 11 is 0. The van der Waals surface area contributed by atoms with Crippen LogP contribution in [0.5, 0.6) is 0 Å². The molecule has 1 fully saturated rings. The number of carbonyl (C=O) groups excluding carboxylic acids is 1. The standard InChI is InChI=1S/C21H26N7O6P/c1-3-31-35(30,32-4-2)11-10-14-12-15(34-20(29)13-8-6-5-7-9-13)19(33-14)28-18-16(26-27-28)17(22)24-21(23)25-18/h5-11,14-15,19H,3-4,12H2,1-2H3,(H4,22,23,24,25)/b11-10+/t14-,15?,19-/m1/s1. The summed E-state index contributed by atoms with van der Waals surface area (Å²) in [5.41, 5.74) is 12.5. The fourth-order valence-corrected chi connectivity index (χ4v) is 4.99. The summed E-state index contributed by atoms with van der Waals surface area (Å²) in [7, 11) is -3.46. The van der Waals surface area contributed by atoms with Gasteiger partial charge in [0.15, 0.2) is 29.3 Å². The Morgan fingerprint density at radius 3 is 2.60 bits per heavy atom. The molecule has 0 radical (unpaired) electrons. The molecular weight excluding hydrogens is 477 g/mol. The predicted octanol–water partition coefficient (Wildman–Crippen LogP) is 2.68. The molecule has 1 unspecified atom stereocenters. The first-order valence-electron chi connectivity index (χ1n) is 11.0. The van der Waals surface area contributed by atoms with E-state index in [9.17, 15) is 9.36 Å². The SMILES string of the molecule is CCOP(=O)(/C=C/[C@@H]1CC(OC(=O)c2ccccc2)[C@H](n2nnc3c(N)nc(N)nc32)O1)OCC. The van der Waals surface area contributed by atoms with Crippen LogP contribution in [0.1, 0.15) is 36.9 Å². The van der Waals surface area contributed by atoms with Crippen LogP contribution in [0.2, 0.25) is 0 Å². The number of aromatic nitrogens is 5. The zero-order valence-corrected chi connectivity index (χ0v) is 20.1. The molecule has 0 saturated carbocycles. The summed E-state index contributed by atoms with van der Waals surface area (Å²) in [6.07, 6.45) is -0.534. The highest BCUT2D eigenvalue weighted by atomic mass is 31.2. The van der Waals surface area contributed by atoms with Crippen LogP contribution < -0.4 is 11.5 Å². The third kappa shape index (κ3) is 5.49. The van der Waals surface area contributed by atoms with Crippen molar-refractivity contribution in [3.63, 3.8) is 0 Å². The summed E-state index contributed by atoms with van der Waals surface area (Å²) in [4.78, 5) is 20.9. The first-order chi connectivity index (χ1) is 16.8. The van der Waals surface area contributed by atoms with Crippen LogP contribution in [0.4, 0.5) is 11.8 Å². The summed E-state index contributed by atoms with van der Waals surface area (Å²) in [6.45, 7) is 3.85. The first kappa shape index (κ1) is 24.7. The van der Waals surface area contributed by atoms with Crippen LogP contribution in [-0.4, -0.2) is 56.4 Å². The van der Waals surface area contributed by atoms with Gasteiger partial charge < -0.3 is 30.0 Å². The molecule has 0 aliphatic carbocycles. The number of nitrogen functional groups attached to an aromatic ring is 2. The molecule has 3 atom stereocenters. The van der Waals surface area contributed by atoms with Gasteiger partial charge in [-0.25, -0.2) is 4.79 Å². The normalized spacial score (nSPS) is 20.6. The minimum Gasteiger partial charge on any atom is -0.454 e. The molecule has 3 aromatic rings. The maximum Gasteiger partial charge on any atom is 0.353 e. The van der Waals surface area contributed by atoms with Crippen molar-refractivity contribution in [2.75, 3.05) is 24.7 Å². The molecule has 1 aliphatic rings. The van der Waals surface area contributed by atoms with Gasteiger partial charge in [0.2, 0.25) is 5.95 Å². The van der Waals surface area contributed by atoms with Crippen LogP contribution in [0.3, 0.4) is 0 Å². The van der Waals surface area contributed by atoms with Crippen molar-refractivity contribution in [3.8, 4) is 0 Å². The number of fused-ring (bicyclic) bond motifs is 1. The van der Waals surface area contributed by atoms with Crippen LogP contribution in [0, 0.1) is 0 Å². The number of anilines is 2. The lowest BCUT2D eigenvalue weighted by Crippen LogP contribution is -2.26. The molecule has 0 amide bonds. The van der Waals surface area contributed by atoms with Crippen molar-refractivity contribution in [2.24, 2.45) is 0 Å². The van der Waals surface area contributed by atoms with E-state index in [1.54, 1.807) is 50.3 Å². The Hall–Kier alpha value is -3.38. The van der Waals surface area contributed by atoms with Crippen molar-refractivity contribution in [2.45, 2.75) is 38.7 Å². The van der Waals surface area contributed by atoms with Crippen LogP contribution in [-0.2, 0) is 23.1 Å². The number of rotatable bonds is 9. The first-order valence-corrected chi connectivity index (χ1v) is 12.6. The molecule has 13 nitrogen and oxygen atoms in total. The third-order valence-electron chi connectivity index (χ3n) is 5.08. The second-order valence-corrected chi connectivity index (χ2v) is 9.39. The molecule has 0 bridgehead atoms. The Morgan fingerprint density at radius 2 is 1.91 bits per heavy atom. The van der Waals surface area contributed by atoms with Crippen LogP contribution >= 0.6 is 7.60 Å². The van der Waals surface area contributed by atoms with Crippen molar-refractivity contribution < 1.29 is 27.9 Å². The highest BCUT2D eigenvalue weighted by molar-refractivity contribution is 7.57. The number of esters is 1. The van der Waals surface area contributed by atoms with Crippen molar-refractivity contribution in [3.05, 3.63) is 47.8 Å². The molecule has 186 valence electrons. The zero-order valence-electron chi connectivity index (χ0n) is 19.2. The molecule has 0 spiro atoms. The number of nitrogens with two attached hydrogens (primary N) is 2. The molecule has 4 N–H and O–H groups in total. The van der Waals surface area contributed by atoms with E-state index >= 15 is 0 Å². The lowest BCUT2D eigenvalue weighted by molar-refractivity contribution is -0.0447. The molecule has 3 heterocycles. The quantitative estimate of drug-likeness (QED) is 0.322. The highest BCUT2D eigenvalue weighted by Gasteiger charge is 2.41. The summed E-state index contributed by atoms with van der Waals surface area (Å²) in [5, 5.41) is 8.11. The van der Waals surface area contributed by atoms with Gasteiger partial charge in [-0.3, -0.25) is 4.57 Å². The Labute approximate surface area is 200 Å². The summed E-state index contributed by atoms with van der Waals surface area (Å²) in [5.74, 6) is 0.794. The number of benzene rings is 1. The molecule has 35 heavy (non-hydrogen) atoms. The van der Waals surface area contributed by atoms with Gasteiger partial charge in [-0.15, -0.1) is 5.10 Å².